The molecule has 0 spiro atoms. The Kier molecular flexibility index (Phi) is 11.9. The first kappa shape index (κ1) is 33.7. The van der Waals surface area contributed by atoms with E-state index in [4.69, 9.17) is 5.73 Å². The Bertz CT molecular complexity index is 1370. The van der Waals surface area contributed by atoms with Gasteiger partial charge in [-0.1, -0.05) is 79.7 Å². The van der Waals surface area contributed by atoms with Crippen LogP contribution in [0, 0.1) is 5.92 Å². The van der Waals surface area contributed by atoms with Crippen LogP contribution in [0.1, 0.15) is 51.2 Å². The minimum absolute atomic E-state index is 0.0561. The molecule has 8 nitrogen and oxygen atoms in total. The third-order valence-electron chi connectivity index (χ3n) is 7.79. The van der Waals surface area contributed by atoms with Gasteiger partial charge in [-0.15, -0.1) is 0 Å². The van der Waals surface area contributed by atoms with Crippen LogP contribution in [0.5, 0.6) is 0 Å². The quantitative estimate of drug-likeness (QED) is 0.272. The van der Waals surface area contributed by atoms with Gasteiger partial charge in [0.15, 0.2) is 0 Å². The van der Waals surface area contributed by atoms with E-state index in [2.05, 4.69) is 35.8 Å². The molecule has 0 aliphatic carbocycles. The topological polar surface area (TPSA) is 99.0 Å². The van der Waals surface area contributed by atoms with Crippen molar-refractivity contribution in [2.24, 2.45) is 11.7 Å². The highest BCUT2D eigenvalue weighted by atomic mass is 16.2. The first-order chi connectivity index (χ1) is 20.2. The summed E-state index contributed by atoms with van der Waals surface area (Å²) in [5, 5.41) is 3.86. The lowest BCUT2D eigenvalue weighted by molar-refractivity contribution is -0.148. The average Bonchev–Trinajstić information content (AvgIpc) is 2.94. The lowest BCUT2D eigenvalue weighted by Gasteiger charge is -2.35. The first-order valence-corrected chi connectivity index (χ1v) is 15.1. The van der Waals surface area contributed by atoms with E-state index in [1.807, 2.05) is 63.2 Å². The van der Waals surface area contributed by atoms with Gasteiger partial charge < -0.3 is 15.5 Å². The van der Waals surface area contributed by atoms with Crippen molar-refractivity contribution in [3.8, 4) is 0 Å². The van der Waals surface area contributed by atoms with Crippen molar-refractivity contribution in [3.63, 3.8) is 0 Å². The largest absolute Gasteiger partial charge is 0.334 e. The second-order valence-corrected chi connectivity index (χ2v) is 12.8. The molecule has 232 valence electrons. The van der Waals surface area contributed by atoms with Crippen molar-refractivity contribution in [2.45, 2.75) is 70.5 Å². The highest BCUT2D eigenvalue weighted by molar-refractivity contribution is 5.92. The highest BCUT2D eigenvalue weighted by Gasteiger charge is 2.35. The lowest BCUT2D eigenvalue weighted by atomic mass is 9.90. The number of carbonyl (C=O) groups excluding carboxylic acids is 3. The van der Waals surface area contributed by atoms with E-state index in [0.717, 1.165) is 21.9 Å². The normalized spacial score (nSPS) is 13.8. The number of hydrogen-bond acceptors (Lipinski definition) is 5. The van der Waals surface area contributed by atoms with Gasteiger partial charge in [0.2, 0.25) is 11.8 Å². The van der Waals surface area contributed by atoms with Crippen LogP contribution in [0.3, 0.4) is 0 Å². The number of nitrogens with zero attached hydrogens (tertiary/aromatic N) is 3. The van der Waals surface area contributed by atoms with E-state index in [9.17, 15) is 14.4 Å². The zero-order valence-corrected chi connectivity index (χ0v) is 26.8. The second kappa shape index (κ2) is 15.1. The number of amides is 3. The van der Waals surface area contributed by atoms with E-state index in [-0.39, 0.29) is 30.1 Å². The van der Waals surface area contributed by atoms with Gasteiger partial charge in [0, 0.05) is 46.6 Å². The molecule has 3 aromatic carbocycles. The Morgan fingerprint density at radius 1 is 0.814 bits per heavy atom. The highest BCUT2D eigenvalue weighted by Crippen LogP contribution is 2.22. The van der Waals surface area contributed by atoms with Crippen LogP contribution < -0.4 is 11.2 Å². The molecule has 3 unspecified atom stereocenters. The Morgan fingerprint density at radius 2 is 1.44 bits per heavy atom. The standard InChI is InChI=1S/C35H49N5O3/c1-25(24-35(2,3)36)21-32(41)39(6)30(20-18-27-17-19-28-15-11-12-16-29(28)22-27)34(43)40(7)31(33(42)37-38(4)5)23-26-13-9-8-10-14-26/h8-17,19,22,25,30-31H,18,20-21,23-24,36H2,1-7H3,(H,37,42). The van der Waals surface area contributed by atoms with E-state index in [1.165, 1.54) is 4.90 Å². The van der Waals surface area contributed by atoms with Crippen LogP contribution >= 0.6 is 0 Å². The number of carbonyl (C=O) groups is 3. The number of nitrogens with two attached hydrogens (primary N) is 1. The smallest absolute Gasteiger partial charge is 0.257 e. The summed E-state index contributed by atoms with van der Waals surface area (Å²) in [5.41, 5.74) is 10.7. The Balaban J connectivity index is 1.89. The first-order valence-electron chi connectivity index (χ1n) is 15.1. The predicted octanol–water partition coefficient (Wildman–Crippen LogP) is 4.42. The van der Waals surface area contributed by atoms with E-state index in [0.29, 0.717) is 25.7 Å². The molecule has 0 aromatic heterocycles. The number of fused-ring (bicyclic) bond motifs is 1. The van der Waals surface area contributed by atoms with Gasteiger partial charge in [-0.2, -0.15) is 0 Å². The zero-order valence-electron chi connectivity index (χ0n) is 26.8. The van der Waals surface area contributed by atoms with Crippen molar-refractivity contribution in [2.75, 3.05) is 28.2 Å². The number of benzene rings is 3. The Hall–Kier alpha value is -3.75. The summed E-state index contributed by atoms with van der Waals surface area (Å²) in [6.07, 6.45) is 2.35. The van der Waals surface area contributed by atoms with Crippen LogP contribution in [-0.4, -0.2) is 78.3 Å². The average molecular weight is 588 g/mol. The van der Waals surface area contributed by atoms with Crippen LogP contribution in [0.25, 0.3) is 10.8 Å². The number of nitrogens with one attached hydrogen (secondary N) is 1. The lowest BCUT2D eigenvalue weighted by Crippen LogP contribution is -2.57. The minimum atomic E-state index is -0.763. The molecule has 3 rings (SSSR count). The molecule has 3 aromatic rings. The molecule has 0 bridgehead atoms. The summed E-state index contributed by atoms with van der Waals surface area (Å²) in [5.74, 6) is -0.607. The van der Waals surface area contributed by atoms with E-state index < -0.39 is 17.6 Å². The van der Waals surface area contributed by atoms with Gasteiger partial charge in [0.25, 0.3) is 5.91 Å². The number of aryl methyl sites for hydroxylation is 1. The molecule has 0 fully saturated rings. The Labute approximate surface area is 257 Å². The Morgan fingerprint density at radius 3 is 2.07 bits per heavy atom. The second-order valence-electron chi connectivity index (χ2n) is 12.8. The van der Waals surface area contributed by atoms with Crippen molar-refractivity contribution in [1.29, 1.82) is 0 Å². The maximum atomic E-state index is 14.3. The zero-order chi connectivity index (χ0) is 31.7. The SMILES string of the molecule is CC(CC(=O)N(C)C(CCc1ccc2ccccc2c1)C(=O)N(C)C(Cc1ccccc1)C(=O)NN(C)C)CC(C)(C)N. The fraction of sp³-hybridized carbons (Fsp3) is 0.457. The van der Waals surface area contributed by atoms with Gasteiger partial charge >= 0.3 is 0 Å². The fourth-order valence-corrected chi connectivity index (χ4v) is 5.69. The van der Waals surface area contributed by atoms with E-state index >= 15 is 0 Å². The molecule has 43 heavy (non-hydrogen) atoms. The van der Waals surface area contributed by atoms with E-state index in [1.54, 1.807) is 38.1 Å². The van der Waals surface area contributed by atoms with Gasteiger partial charge in [0.05, 0.1) is 0 Å². The predicted molar refractivity (Wildman–Crippen MR) is 174 cm³/mol. The maximum Gasteiger partial charge on any atom is 0.257 e. The molecule has 3 amide bonds. The van der Waals surface area contributed by atoms with Crippen molar-refractivity contribution in [1.82, 2.24) is 20.2 Å². The molecule has 0 radical (unpaired) electrons. The summed E-state index contributed by atoms with van der Waals surface area (Å²) in [6, 6.07) is 22.6. The summed E-state index contributed by atoms with van der Waals surface area (Å²) < 4.78 is 0. The molecular formula is C35H49N5O3. The maximum absolute atomic E-state index is 14.3. The van der Waals surface area contributed by atoms with Crippen molar-refractivity contribution < 1.29 is 14.4 Å². The molecule has 3 N–H and O–H groups in total. The van der Waals surface area contributed by atoms with Gasteiger partial charge in [-0.3, -0.25) is 19.8 Å². The molecule has 0 heterocycles. The summed E-state index contributed by atoms with van der Waals surface area (Å²) in [7, 11) is 6.83. The third kappa shape index (κ3) is 10.2. The van der Waals surface area contributed by atoms with Crippen molar-refractivity contribution in [3.05, 3.63) is 83.9 Å². The minimum Gasteiger partial charge on any atom is -0.334 e. The van der Waals surface area contributed by atoms with Crippen LogP contribution in [0.2, 0.25) is 0 Å². The number of hydrogen-bond donors (Lipinski definition) is 2. The molecule has 0 saturated carbocycles. The van der Waals surface area contributed by atoms with Gasteiger partial charge in [0.1, 0.15) is 12.1 Å². The van der Waals surface area contributed by atoms with Crippen LogP contribution in [0.15, 0.2) is 72.8 Å². The van der Waals surface area contributed by atoms with Crippen LogP contribution in [0.4, 0.5) is 0 Å². The number of hydrazine groups is 1. The summed E-state index contributed by atoms with van der Waals surface area (Å²) in [6.45, 7) is 5.92. The number of rotatable bonds is 14. The van der Waals surface area contributed by atoms with Gasteiger partial charge in [-0.25, -0.2) is 5.01 Å². The summed E-state index contributed by atoms with van der Waals surface area (Å²) >= 11 is 0. The molecule has 0 aliphatic rings. The van der Waals surface area contributed by atoms with Crippen molar-refractivity contribution >= 4 is 28.5 Å². The molecular weight excluding hydrogens is 538 g/mol. The van der Waals surface area contributed by atoms with Gasteiger partial charge in [-0.05, 0) is 60.9 Å². The molecule has 3 atom stereocenters. The molecule has 0 saturated heterocycles. The monoisotopic (exact) mass is 587 g/mol. The fourth-order valence-electron chi connectivity index (χ4n) is 5.69. The number of likely N-dealkylation sites (N-methyl/N-ethyl adjacent to an activating group) is 2. The van der Waals surface area contributed by atoms with Crippen LogP contribution in [-0.2, 0) is 27.2 Å². The third-order valence-corrected chi connectivity index (χ3v) is 7.79. The summed E-state index contributed by atoms with van der Waals surface area (Å²) in [4.78, 5) is 44.3. The molecule has 8 heteroatoms. The molecule has 0 aliphatic heterocycles.